The van der Waals surface area contributed by atoms with E-state index in [1.54, 1.807) is 29.2 Å². The Morgan fingerprint density at radius 3 is 2.48 bits per heavy atom. The highest BCUT2D eigenvalue weighted by Crippen LogP contribution is 2.19. The van der Waals surface area contributed by atoms with Gasteiger partial charge in [-0.25, -0.2) is 0 Å². The second kappa shape index (κ2) is 7.58. The SMILES string of the molecule is CCN(C(=O)C(Cc1cnn(CC)c1)C(=O)O)c1ccccc1. The normalized spacial score (nSPS) is 11.9. The molecular formula is C17H21N3O3. The van der Waals surface area contributed by atoms with Crippen molar-refractivity contribution in [1.29, 1.82) is 0 Å². The number of aromatic nitrogens is 2. The van der Waals surface area contributed by atoms with E-state index < -0.39 is 17.8 Å². The molecule has 0 saturated heterocycles. The van der Waals surface area contributed by atoms with E-state index in [9.17, 15) is 14.7 Å². The van der Waals surface area contributed by atoms with Gasteiger partial charge in [-0.2, -0.15) is 5.10 Å². The van der Waals surface area contributed by atoms with E-state index in [0.717, 1.165) is 5.56 Å². The maximum atomic E-state index is 12.7. The van der Waals surface area contributed by atoms with Gasteiger partial charge >= 0.3 is 5.97 Å². The van der Waals surface area contributed by atoms with Gasteiger partial charge in [-0.05, 0) is 38.0 Å². The molecule has 0 spiro atoms. The van der Waals surface area contributed by atoms with Crippen LogP contribution in [0.2, 0.25) is 0 Å². The van der Waals surface area contributed by atoms with Gasteiger partial charge in [-0.15, -0.1) is 0 Å². The molecule has 2 rings (SSSR count). The number of carbonyl (C=O) groups is 2. The minimum Gasteiger partial charge on any atom is -0.481 e. The standard InChI is InChI=1S/C17H21N3O3/c1-3-19-12-13(11-18-19)10-15(17(22)23)16(21)20(4-2)14-8-6-5-7-9-14/h5-9,11-12,15H,3-4,10H2,1-2H3,(H,22,23). The Balaban J connectivity index is 2.21. The zero-order valence-electron chi connectivity index (χ0n) is 13.3. The third-order valence-corrected chi connectivity index (χ3v) is 3.70. The fourth-order valence-corrected chi connectivity index (χ4v) is 2.46. The van der Waals surface area contributed by atoms with Crippen molar-refractivity contribution in [3.05, 3.63) is 48.3 Å². The van der Waals surface area contributed by atoms with Crippen LogP contribution in [-0.2, 0) is 22.6 Å². The second-order valence-electron chi connectivity index (χ2n) is 5.22. The van der Waals surface area contributed by atoms with Crippen molar-refractivity contribution in [2.75, 3.05) is 11.4 Å². The van der Waals surface area contributed by atoms with Crippen molar-refractivity contribution in [3.8, 4) is 0 Å². The average Bonchev–Trinajstić information content (AvgIpc) is 3.01. The summed E-state index contributed by atoms with van der Waals surface area (Å²) < 4.78 is 1.72. The van der Waals surface area contributed by atoms with Crippen molar-refractivity contribution in [2.45, 2.75) is 26.8 Å². The summed E-state index contributed by atoms with van der Waals surface area (Å²) in [5.41, 5.74) is 1.45. The number of hydrogen-bond acceptors (Lipinski definition) is 3. The van der Waals surface area contributed by atoms with E-state index in [1.807, 2.05) is 32.0 Å². The maximum Gasteiger partial charge on any atom is 0.316 e. The number of para-hydroxylation sites is 1. The quantitative estimate of drug-likeness (QED) is 0.795. The predicted molar refractivity (Wildman–Crippen MR) is 87.2 cm³/mol. The molecule has 0 fully saturated rings. The number of anilines is 1. The molecule has 122 valence electrons. The van der Waals surface area contributed by atoms with Crippen LogP contribution in [0.4, 0.5) is 5.69 Å². The van der Waals surface area contributed by atoms with Gasteiger partial charge in [0.1, 0.15) is 5.92 Å². The zero-order chi connectivity index (χ0) is 16.8. The zero-order valence-corrected chi connectivity index (χ0v) is 13.3. The van der Waals surface area contributed by atoms with Crippen LogP contribution < -0.4 is 4.90 Å². The first-order chi connectivity index (χ1) is 11.1. The highest BCUT2D eigenvalue weighted by atomic mass is 16.4. The summed E-state index contributed by atoms with van der Waals surface area (Å²) in [7, 11) is 0. The topological polar surface area (TPSA) is 75.4 Å². The van der Waals surface area contributed by atoms with Crippen molar-refractivity contribution >= 4 is 17.6 Å². The lowest BCUT2D eigenvalue weighted by molar-refractivity contribution is -0.146. The van der Waals surface area contributed by atoms with Gasteiger partial charge in [0.05, 0.1) is 6.20 Å². The number of carbonyl (C=O) groups excluding carboxylic acids is 1. The number of carboxylic acids is 1. The van der Waals surface area contributed by atoms with Crippen molar-refractivity contribution in [2.24, 2.45) is 5.92 Å². The van der Waals surface area contributed by atoms with E-state index in [2.05, 4.69) is 5.10 Å². The van der Waals surface area contributed by atoms with E-state index >= 15 is 0 Å². The summed E-state index contributed by atoms with van der Waals surface area (Å²) in [6.45, 7) is 4.90. The molecule has 6 heteroatoms. The number of amides is 1. The molecule has 1 amide bonds. The molecule has 1 unspecified atom stereocenters. The van der Waals surface area contributed by atoms with Gasteiger partial charge < -0.3 is 10.0 Å². The van der Waals surface area contributed by atoms with E-state index in [4.69, 9.17) is 0 Å². The fraction of sp³-hybridized carbons (Fsp3) is 0.353. The average molecular weight is 315 g/mol. The van der Waals surface area contributed by atoms with Gasteiger partial charge in [0.15, 0.2) is 0 Å². The number of benzene rings is 1. The summed E-state index contributed by atoms with van der Waals surface area (Å²) in [5, 5.41) is 13.6. The molecule has 0 aliphatic heterocycles. The Kier molecular flexibility index (Phi) is 5.51. The van der Waals surface area contributed by atoms with Gasteiger partial charge in [0, 0.05) is 25.0 Å². The third-order valence-electron chi connectivity index (χ3n) is 3.70. The Bertz CT molecular complexity index is 667. The first-order valence-corrected chi connectivity index (χ1v) is 7.67. The van der Waals surface area contributed by atoms with Crippen LogP contribution >= 0.6 is 0 Å². The van der Waals surface area contributed by atoms with E-state index in [0.29, 0.717) is 18.8 Å². The van der Waals surface area contributed by atoms with Gasteiger partial charge in [0.2, 0.25) is 5.91 Å². The predicted octanol–water partition coefficient (Wildman–Crippen LogP) is 2.20. The van der Waals surface area contributed by atoms with Crippen molar-refractivity contribution < 1.29 is 14.7 Å². The van der Waals surface area contributed by atoms with Crippen LogP contribution in [0.25, 0.3) is 0 Å². The van der Waals surface area contributed by atoms with Gasteiger partial charge in [0.25, 0.3) is 0 Å². The van der Waals surface area contributed by atoms with Crippen LogP contribution in [0.5, 0.6) is 0 Å². The monoisotopic (exact) mass is 315 g/mol. The van der Waals surface area contributed by atoms with E-state index in [-0.39, 0.29) is 6.42 Å². The van der Waals surface area contributed by atoms with Crippen LogP contribution in [-0.4, -0.2) is 33.3 Å². The highest BCUT2D eigenvalue weighted by Gasteiger charge is 2.31. The number of aryl methyl sites for hydroxylation is 1. The summed E-state index contributed by atoms with van der Waals surface area (Å²) in [6, 6.07) is 9.11. The molecule has 1 heterocycles. The Morgan fingerprint density at radius 2 is 1.96 bits per heavy atom. The lowest BCUT2D eigenvalue weighted by Gasteiger charge is -2.24. The smallest absolute Gasteiger partial charge is 0.316 e. The minimum atomic E-state index is -1.12. The molecule has 1 aromatic heterocycles. The Morgan fingerprint density at radius 1 is 1.26 bits per heavy atom. The summed E-state index contributed by atoms with van der Waals surface area (Å²) in [4.78, 5) is 25.8. The molecule has 2 aromatic rings. The molecule has 0 saturated carbocycles. The molecule has 6 nitrogen and oxygen atoms in total. The maximum absolute atomic E-state index is 12.7. The van der Waals surface area contributed by atoms with E-state index in [1.165, 1.54) is 4.90 Å². The number of nitrogens with zero attached hydrogens (tertiary/aromatic N) is 3. The third kappa shape index (κ3) is 3.97. The molecule has 0 bridgehead atoms. The fourth-order valence-electron chi connectivity index (χ4n) is 2.46. The molecule has 0 radical (unpaired) electrons. The lowest BCUT2D eigenvalue weighted by atomic mass is 9.99. The van der Waals surface area contributed by atoms with Crippen LogP contribution in [0.15, 0.2) is 42.7 Å². The largest absolute Gasteiger partial charge is 0.481 e. The van der Waals surface area contributed by atoms with Crippen molar-refractivity contribution in [1.82, 2.24) is 9.78 Å². The highest BCUT2D eigenvalue weighted by molar-refractivity contribution is 6.05. The number of carboxylic acid groups (broad SMARTS) is 1. The lowest BCUT2D eigenvalue weighted by Crippen LogP contribution is -2.40. The molecule has 1 N–H and O–H groups in total. The molecular weight excluding hydrogens is 294 g/mol. The molecule has 0 aliphatic carbocycles. The Labute approximate surface area is 135 Å². The molecule has 0 aliphatic rings. The molecule has 1 aromatic carbocycles. The Hall–Kier alpha value is -2.63. The summed E-state index contributed by atoms with van der Waals surface area (Å²) in [5.74, 6) is -2.64. The van der Waals surface area contributed by atoms with Crippen LogP contribution in [0, 0.1) is 5.92 Å². The van der Waals surface area contributed by atoms with Crippen LogP contribution in [0.1, 0.15) is 19.4 Å². The van der Waals surface area contributed by atoms with Gasteiger partial charge in [-0.3, -0.25) is 14.3 Å². The minimum absolute atomic E-state index is 0.136. The summed E-state index contributed by atoms with van der Waals surface area (Å²) >= 11 is 0. The first-order valence-electron chi connectivity index (χ1n) is 7.67. The first kappa shape index (κ1) is 16.7. The summed E-state index contributed by atoms with van der Waals surface area (Å²) in [6.07, 6.45) is 3.53. The van der Waals surface area contributed by atoms with Crippen molar-refractivity contribution in [3.63, 3.8) is 0 Å². The second-order valence-corrected chi connectivity index (χ2v) is 5.22. The number of aliphatic carboxylic acids is 1. The van der Waals surface area contributed by atoms with Crippen LogP contribution in [0.3, 0.4) is 0 Å². The number of hydrogen-bond donors (Lipinski definition) is 1. The molecule has 1 atom stereocenters. The molecule has 23 heavy (non-hydrogen) atoms. The number of rotatable bonds is 7. The van der Waals surface area contributed by atoms with Gasteiger partial charge in [-0.1, -0.05) is 18.2 Å².